The molecule has 0 bridgehead atoms. The number of hydrogen-bond acceptors (Lipinski definition) is 5. The number of rotatable bonds is 8. The maximum Gasteiger partial charge on any atom is 0.136 e. The Morgan fingerprint density at radius 3 is 2.72 bits per heavy atom. The van der Waals surface area contributed by atoms with Gasteiger partial charge in [-0.2, -0.15) is 0 Å². The van der Waals surface area contributed by atoms with Gasteiger partial charge in [0.2, 0.25) is 0 Å². The smallest absolute Gasteiger partial charge is 0.136 e. The normalized spacial score (nSPS) is 10.4. The molecule has 0 saturated carbocycles. The van der Waals surface area contributed by atoms with E-state index in [0.29, 0.717) is 0 Å². The average molecular weight is 252 g/mol. The molecule has 1 aromatic heterocycles. The zero-order valence-electron chi connectivity index (χ0n) is 11.6. The number of anilines is 2. The molecule has 0 amide bonds. The first kappa shape index (κ1) is 14.7. The molecule has 5 heteroatoms. The standard InChI is InChI=1S/C13H24N4O/c1-4-14-12-11(2)13(16-10-15-12)17(3)8-6-5-7-9-18/h10,18H,4-9H2,1-3H3,(H,14,15,16). The predicted molar refractivity (Wildman–Crippen MR) is 75.1 cm³/mol. The van der Waals surface area contributed by atoms with Crippen molar-refractivity contribution in [2.75, 3.05) is 37.0 Å². The van der Waals surface area contributed by atoms with Gasteiger partial charge in [0, 0.05) is 32.3 Å². The Balaban J connectivity index is 2.61. The van der Waals surface area contributed by atoms with E-state index >= 15 is 0 Å². The number of nitrogens with zero attached hydrogens (tertiary/aromatic N) is 3. The van der Waals surface area contributed by atoms with Gasteiger partial charge in [-0.1, -0.05) is 0 Å². The molecular formula is C13H24N4O. The fourth-order valence-electron chi connectivity index (χ4n) is 1.91. The lowest BCUT2D eigenvalue weighted by Gasteiger charge is -2.21. The van der Waals surface area contributed by atoms with Crippen molar-refractivity contribution >= 4 is 11.6 Å². The topological polar surface area (TPSA) is 61.3 Å². The van der Waals surface area contributed by atoms with Gasteiger partial charge < -0.3 is 15.3 Å². The summed E-state index contributed by atoms with van der Waals surface area (Å²) in [6.07, 6.45) is 4.59. The predicted octanol–water partition coefficient (Wildman–Crippen LogP) is 1.82. The highest BCUT2D eigenvalue weighted by Crippen LogP contribution is 2.21. The molecule has 0 atom stereocenters. The molecule has 0 aliphatic carbocycles. The zero-order valence-corrected chi connectivity index (χ0v) is 11.6. The number of nitrogens with one attached hydrogen (secondary N) is 1. The van der Waals surface area contributed by atoms with Crippen molar-refractivity contribution in [2.45, 2.75) is 33.1 Å². The summed E-state index contributed by atoms with van der Waals surface area (Å²) in [5, 5.41) is 12.0. The van der Waals surface area contributed by atoms with Gasteiger partial charge >= 0.3 is 0 Å². The summed E-state index contributed by atoms with van der Waals surface area (Å²) in [6, 6.07) is 0. The minimum atomic E-state index is 0.279. The van der Waals surface area contributed by atoms with Crippen molar-refractivity contribution in [1.29, 1.82) is 0 Å². The van der Waals surface area contributed by atoms with E-state index in [1.807, 2.05) is 14.0 Å². The van der Waals surface area contributed by atoms with Crippen LogP contribution in [-0.4, -0.2) is 41.8 Å². The Morgan fingerprint density at radius 2 is 2.06 bits per heavy atom. The van der Waals surface area contributed by atoms with Crippen molar-refractivity contribution in [3.63, 3.8) is 0 Å². The third kappa shape index (κ3) is 4.14. The van der Waals surface area contributed by atoms with Gasteiger partial charge in [0.05, 0.1) is 0 Å². The highest BCUT2D eigenvalue weighted by molar-refractivity contribution is 5.57. The summed E-state index contributed by atoms with van der Waals surface area (Å²) >= 11 is 0. The van der Waals surface area contributed by atoms with Crippen LogP contribution in [0.1, 0.15) is 31.7 Å². The van der Waals surface area contributed by atoms with Crippen molar-refractivity contribution in [1.82, 2.24) is 9.97 Å². The van der Waals surface area contributed by atoms with Crippen LogP contribution >= 0.6 is 0 Å². The second kappa shape index (κ2) is 7.87. The molecule has 102 valence electrons. The van der Waals surface area contributed by atoms with E-state index in [1.165, 1.54) is 0 Å². The van der Waals surface area contributed by atoms with Crippen molar-refractivity contribution in [2.24, 2.45) is 0 Å². The first-order valence-electron chi connectivity index (χ1n) is 6.58. The first-order chi connectivity index (χ1) is 8.70. The molecule has 0 spiro atoms. The van der Waals surface area contributed by atoms with E-state index < -0.39 is 0 Å². The number of hydrogen-bond donors (Lipinski definition) is 2. The minimum Gasteiger partial charge on any atom is -0.396 e. The number of aliphatic hydroxyl groups is 1. The molecule has 0 radical (unpaired) electrons. The molecular weight excluding hydrogens is 228 g/mol. The Hall–Kier alpha value is -1.36. The van der Waals surface area contributed by atoms with E-state index in [2.05, 4.69) is 27.1 Å². The highest BCUT2D eigenvalue weighted by Gasteiger charge is 2.10. The first-order valence-corrected chi connectivity index (χ1v) is 6.58. The Morgan fingerprint density at radius 1 is 1.28 bits per heavy atom. The van der Waals surface area contributed by atoms with Gasteiger partial charge in [0.15, 0.2) is 0 Å². The molecule has 1 heterocycles. The van der Waals surface area contributed by atoms with E-state index in [9.17, 15) is 0 Å². The number of aromatic nitrogens is 2. The maximum absolute atomic E-state index is 8.75. The van der Waals surface area contributed by atoms with Crippen molar-refractivity contribution in [3.05, 3.63) is 11.9 Å². The van der Waals surface area contributed by atoms with E-state index in [0.717, 1.165) is 49.6 Å². The van der Waals surface area contributed by atoms with E-state index in [-0.39, 0.29) is 6.61 Å². The molecule has 5 nitrogen and oxygen atoms in total. The third-order valence-electron chi connectivity index (χ3n) is 2.91. The molecule has 0 fully saturated rings. The summed E-state index contributed by atoms with van der Waals surface area (Å²) in [5.41, 5.74) is 1.09. The average Bonchev–Trinajstić information content (AvgIpc) is 2.37. The summed E-state index contributed by atoms with van der Waals surface area (Å²) in [5.74, 6) is 1.88. The van der Waals surface area contributed by atoms with E-state index in [4.69, 9.17) is 5.11 Å². The van der Waals surface area contributed by atoms with Crippen LogP contribution in [0.2, 0.25) is 0 Å². The molecule has 0 aliphatic heterocycles. The molecule has 1 rings (SSSR count). The molecule has 0 aliphatic rings. The van der Waals surface area contributed by atoms with Gasteiger partial charge in [-0.3, -0.25) is 0 Å². The Kier molecular flexibility index (Phi) is 6.43. The van der Waals surface area contributed by atoms with Crippen molar-refractivity contribution in [3.8, 4) is 0 Å². The summed E-state index contributed by atoms with van der Waals surface area (Å²) in [6.45, 7) is 6.18. The second-order valence-corrected chi connectivity index (χ2v) is 4.41. The minimum absolute atomic E-state index is 0.279. The lowest BCUT2D eigenvalue weighted by molar-refractivity contribution is 0.283. The number of unbranched alkanes of at least 4 members (excludes halogenated alkanes) is 2. The van der Waals surface area contributed by atoms with Gasteiger partial charge in [0.1, 0.15) is 18.0 Å². The van der Waals surface area contributed by atoms with Crippen molar-refractivity contribution < 1.29 is 5.11 Å². The summed E-state index contributed by atoms with van der Waals surface area (Å²) in [7, 11) is 2.05. The molecule has 1 aromatic rings. The third-order valence-corrected chi connectivity index (χ3v) is 2.91. The van der Waals surface area contributed by atoms with Crippen LogP contribution in [0.15, 0.2) is 6.33 Å². The number of aliphatic hydroxyl groups excluding tert-OH is 1. The van der Waals surface area contributed by atoms with Gasteiger partial charge in [0.25, 0.3) is 0 Å². The van der Waals surface area contributed by atoms with Crippen LogP contribution in [-0.2, 0) is 0 Å². The van der Waals surface area contributed by atoms with Crippen LogP contribution in [0.3, 0.4) is 0 Å². The quantitative estimate of drug-likeness (QED) is 0.691. The monoisotopic (exact) mass is 252 g/mol. The molecule has 0 saturated heterocycles. The molecule has 18 heavy (non-hydrogen) atoms. The fourth-order valence-corrected chi connectivity index (χ4v) is 1.91. The summed E-state index contributed by atoms with van der Waals surface area (Å²) in [4.78, 5) is 10.7. The lowest BCUT2D eigenvalue weighted by atomic mass is 10.2. The van der Waals surface area contributed by atoms with E-state index in [1.54, 1.807) is 6.33 Å². The largest absolute Gasteiger partial charge is 0.396 e. The zero-order chi connectivity index (χ0) is 13.4. The van der Waals surface area contributed by atoms with Crippen LogP contribution in [0.25, 0.3) is 0 Å². The highest BCUT2D eigenvalue weighted by atomic mass is 16.2. The van der Waals surface area contributed by atoms with Gasteiger partial charge in [-0.25, -0.2) is 9.97 Å². The van der Waals surface area contributed by atoms with Crippen LogP contribution in [0.4, 0.5) is 11.6 Å². The Bertz CT molecular complexity index is 357. The SMILES string of the molecule is CCNc1ncnc(N(C)CCCCCO)c1C. The fraction of sp³-hybridized carbons (Fsp3) is 0.692. The molecule has 2 N–H and O–H groups in total. The lowest BCUT2D eigenvalue weighted by Crippen LogP contribution is -2.21. The van der Waals surface area contributed by atoms with Gasteiger partial charge in [-0.15, -0.1) is 0 Å². The van der Waals surface area contributed by atoms with Crippen LogP contribution in [0.5, 0.6) is 0 Å². The maximum atomic E-state index is 8.75. The molecule has 0 unspecified atom stereocenters. The molecule has 0 aromatic carbocycles. The summed E-state index contributed by atoms with van der Waals surface area (Å²) < 4.78 is 0. The van der Waals surface area contributed by atoms with Gasteiger partial charge in [-0.05, 0) is 33.1 Å². The van der Waals surface area contributed by atoms with Crippen LogP contribution in [0, 0.1) is 6.92 Å². The van der Waals surface area contributed by atoms with Crippen LogP contribution < -0.4 is 10.2 Å². The Labute approximate surface area is 109 Å². The second-order valence-electron chi connectivity index (χ2n) is 4.41.